The maximum Gasteiger partial charge on any atom is 0.193 e. The third-order valence-corrected chi connectivity index (χ3v) is 7.33. The molecule has 27 heavy (non-hydrogen) atoms. The van der Waals surface area contributed by atoms with Crippen LogP contribution in [-0.4, -0.2) is 19.8 Å². The minimum absolute atomic E-state index is 0.00418. The molecule has 0 saturated heterocycles. The molecule has 0 radical (unpaired) electrons. The fraction of sp³-hybridized carbons (Fsp3) is 0.350. The number of hydrogen-bond donors (Lipinski definition) is 0. The summed E-state index contributed by atoms with van der Waals surface area (Å²) in [6.45, 7) is 10.2. The standard InChI is InChI=1S/C20H17F2NO3S/c1-11-18-16(10-20(11,2)22)17(6-12-4-5-27(24,25)19(12)18)26-15-8-13(21)7-14(9-15)23-3/h6-9,11H,4-5,10H2,1-2H3. The second-order valence-corrected chi connectivity index (χ2v) is 9.41. The van der Waals surface area contributed by atoms with E-state index in [2.05, 4.69) is 4.85 Å². The lowest BCUT2D eigenvalue weighted by atomic mass is 9.92. The van der Waals surface area contributed by atoms with Crippen LogP contribution in [0.15, 0.2) is 29.2 Å². The molecular weight excluding hydrogens is 372 g/mol. The summed E-state index contributed by atoms with van der Waals surface area (Å²) in [7, 11) is -3.44. The number of fused-ring (bicyclic) bond motifs is 3. The normalized spacial score (nSPS) is 24.9. The first-order valence-electron chi connectivity index (χ1n) is 8.58. The monoisotopic (exact) mass is 389 g/mol. The van der Waals surface area contributed by atoms with E-state index in [1.165, 1.54) is 13.0 Å². The molecule has 0 amide bonds. The van der Waals surface area contributed by atoms with Crippen molar-refractivity contribution in [1.82, 2.24) is 0 Å². The van der Waals surface area contributed by atoms with Gasteiger partial charge in [0.1, 0.15) is 23.0 Å². The Morgan fingerprint density at radius 3 is 2.74 bits per heavy atom. The third kappa shape index (κ3) is 2.79. The quantitative estimate of drug-likeness (QED) is 0.688. The third-order valence-electron chi connectivity index (χ3n) is 5.49. The largest absolute Gasteiger partial charge is 0.458 e. The molecule has 7 heteroatoms. The first kappa shape index (κ1) is 17.9. The Kier molecular flexibility index (Phi) is 3.83. The van der Waals surface area contributed by atoms with Crippen LogP contribution in [0.4, 0.5) is 14.5 Å². The van der Waals surface area contributed by atoms with Gasteiger partial charge in [0.15, 0.2) is 15.5 Å². The Hall–Kier alpha value is -2.46. The van der Waals surface area contributed by atoms with E-state index in [1.807, 2.05) is 0 Å². The van der Waals surface area contributed by atoms with Crippen molar-refractivity contribution in [1.29, 1.82) is 0 Å². The predicted octanol–water partition coefficient (Wildman–Crippen LogP) is 4.89. The average molecular weight is 389 g/mol. The lowest BCUT2D eigenvalue weighted by molar-refractivity contribution is 0.171. The zero-order chi connectivity index (χ0) is 19.6. The van der Waals surface area contributed by atoms with E-state index in [1.54, 1.807) is 13.0 Å². The minimum atomic E-state index is -3.44. The molecule has 2 aliphatic rings. The average Bonchev–Trinajstić information content (AvgIpc) is 3.01. The molecule has 2 atom stereocenters. The molecule has 0 aromatic heterocycles. The smallest absolute Gasteiger partial charge is 0.193 e. The highest BCUT2D eigenvalue weighted by Gasteiger charge is 2.47. The van der Waals surface area contributed by atoms with Gasteiger partial charge in [-0.15, -0.1) is 0 Å². The minimum Gasteiger partial charge on any atom is -0.458 e. The summed E-state index contributed by atoms with van der Waals surface area (Å²) in [5, 5.41) is 0. The lowest BCUT2D eigenvalue weighted by Gasteiger charge is -2.20. The molecule has 2 aromatic rings. The molecule has 4 nitrogen and oxygen atoms in total. The van der Waals surface area contributed by atoms with Crippen LogP contribution in [0.3, 0.4) is 0 Å². The molecular formula is C20H17F2NO3S. The van der Waals surface area contributed by atoms with Crippen molar-refractivity contribution in [3.63, 3.8) is 0 Å². The van der Waals surface area contributed by atoms with Crippen molar-refractivity contribution < 1.29 is 21.9 Å². The van der Waals surface area contributed by atoms with Gasteiger partial charge in [0, 0.05) is 24.0 Å². The van der Waals surface area contributed by atoms with Gasteiger partial charge < -0.3 is 4.74 Å². The fourth-order valence-electron chi connectivity index (χ4n) is 3.98. The molecule has 1 aliphatic carbocycles. The van der Waals surface area contributed by atoms with E-state index >= 15 is 4.39 Å². The number of rotatable bonds is 2. The summed E-state index contributed by atoms with van der Waals surface area (Å²) in [5.74, 6) is -0.748. The summed E-state index contributed by atoms with van der Waals surface area (Å²) < 4.78 is 59.7. The highest BCUT2D eigenvalue weighted by atomic mass is 32.2. The molecule has 0 bridgehead atoms. The van der Waals surface area contributed by atoms with Crippen LogP contribution < -0.4 is 4.74 Å². The van der Waals surface area contributed by atoms with Gasteiger partial charge in [-0.3, -0.25) is 0 Å². The summed E-state index contributed by atoms with van der Waals surface area (Å²) in [6.07, 6.45) is 0.361. The van der Waals surface area contributed by atoms with Crippen molar-refractivity contribution in [2.45, 2.75) is 43.2 Å². The Bertz CT molecular complexity index is 1120. The van der Waals surface area contributed by atoms with Gasteiger partial charge in [-0.05, 0) is 42.7 Å². The topological polar surface area (TPSA) is 47.7 Å². The van der Waals surface area contributed by atoms with E-state index < -0.39 is 27.2 Å². The van der Waals surface area contributed by atoms with E-state index in [0.717, 1.165) is 12.1 Å². The Labute approximate surface area is 156 Å². The zero-order valence-corrected chi connectivity index (χ0v) is 15.7. The van der Waals surface area contributed by atoms with Crippen LogP contribution in [0.5, 0.6) is 11.5 Å². The van der Waals surface area contributed by atoms with Gasteiger partial charge >= 0.3 is 0 Å². The number of nitrogens with zero attached hydrogens (tertiary/aromatic N) is 1. The molecule has 0 N–H and O–H groups in total. The van der Waals surface area contributed by atoms with Crippen LogP contribution in [-0.2, 0) is 22.7 Å². The molecule has 4 rings (SSSR count). The van der Waals surface area contributed by atoms with Crippen LogP contribution in [0.2, 0.25) is 0 Å². The van der Waals surface area contributed by atoms with Crippen LogP contribution >= 0.6 is 0 Å². The maximum atomic E-state index is 15.1. The van der Waals surface area contributed by atoms with Gasteiger partial charge in [-0.25, -0.2) is 22.0 Å². The zero-order valence-electron chi connectivity index (χ0n) is 14.8. The number of sulfone groups is 1. The van der Waals surface area contributed by atoms with E-state index in [9.17, 15) is 12.8 Å². The Balaban J connectivity index is 1.90. The molecule has 0 fully saturated rings. The number of alkyl halides is 1. The van der Waals surface area contributed by atoms with Gasteiger partial charge in [-0.2, -0.15) is 0 Å². The van der Waals surface area contributed by atoms with Crippen molar-refractivity contribution in [3.8, 4) is 11.5 Å². The molecule has 1 aliphatic heterocycles. The second-order valence-electron chi connectivity index (χ2n) is 7.36. The molecule has 2 aromatic carbocycles. The number of halogens is 2. The van der Waals surface area contributed by atoms with Crippen molar-refractivity contribution >= 4 is 15.5 Å². The van der Waals surface area contributed by atoms with Gasteiger partial charge in [0.25, 0.3) is 0 Å². The van der Waals surface area contributed by atoms with Crippen molar-refractivity contribution in [2.24, 2.45) is 0 Å². The number of benzene rings is 2. The Morgan fingerprint density at radius 2 is 2.04 bits per heavy atom. The molecule has 2 unspecified atom stereocenters. The second kappa shape index (κ2) is 5.77. The summed E-state index contributed by atoms with van der Waals surface area (Å²) >= 11 is 0. The lowest BCUT2D eigenvalue weighted by Crippen LogP contribution is -2.22. The number of ether oxygens (including phenoxy) is 1. The summed E-state index contributed by atoms with van der Waals surface area (Å²) in [5.41, 5.74) is 0.0819. The number of aryl methyl sites for hydroxylation is 1. The number of hydrogen-bond acceptors (Lipinski definition) is 3. The van der Waals surface area contributed by atoms with Gasteiger partial charge in [0.2, 0.25) is 0 Å². The SMILES string of the molecule is [C-]#[N+]c1cc(F)cc(Oc2cc3c(c4c2CC(C)(F)C4C)S(=O)(=O)CC3)c1. The van der Waals surface area contributed by atoms with Gasteiger partial charge in [-0.1, -0.05) is 6.92 Å². The van der Waals surface area contributed by atoms with Gasteiger partial charge in [0.05, 0.1) is 17.2 Å². The first-order valence-corrected chi connectivity index (χ1v) is 10.2. The van der Waals surface area contributed by atoms with Crippen LogP contribution in [0, 0.1) is 12.4 Å². The molecule has 0 spiro atoms. The summed E-state index contributed by atoms with van der Waals surface area (Å²) in [6, 6.07) is 5.27. The van der Waals surface area contributed by atoms with Crippen molar-refractivity contribution in [3.05, 3.63) is 58.2 Å². The summed E-state index contributed by atoms with van der Waals surface area (Å²) in [4.78, 5) is 3.44. The van der Waals surface area contributed by atoms with Crippen LogP contribution in [0.1, 0.15) is 36.5 Å². The molecule has 140 valence electrons. The van der Waals surface area contributed by atoms with E-state index in [-0.39, 0.29) is 28.5 Å². The maximum absolute atomic E-state index is 15.1. The molecule has 1 heterocycles. The van der Waals surface area contributed by atoms with E-state index in [0.29, 0.717) is 28.9 Å². The Morgan fingerprint density at radius 1 is 1.30 bits per heavy atom. The first-order chi connectivity index (χ1) is 12.6. The highest BCUT2D eigenvalue weighted by molar-refractivity contribution is 7.91. The fourth-order valence-corrected chi connectivity index (χ4v) is 5.87. The molecule has 0 saturated carbocycles. The van der Waals surface area contributed by atoms with Crippen LogP contribution in [0.25, 0.3) is 4.85 Å². The van der Waals surface area contributed by atoms with Crippen molar-refractivity contribution in [2.75, 3.05) is 5.75 Å². The van der Waals surface area contributed by atoms with E-state index in [4.69, 9.17) is 11.3 Å². The predicted molar refractivity (Wildman–Crippen MR) is 96.6 cm³/mol. The highest BCUT2D eigenvalue weighted by Crippen LogP contribution is 2.52.